The standard InChI is InChI=1S/C13H26N2O/c1-9(2)12(14)7-13(16)15-8-11-6-4-5-10(11)3/h9-12H,4-8,14H2,1-3H3,(H,15,16). The van der Waals surface area contributed by atoms with Gasteiger partial charge in [0.1, 0.15) is 0 Å². The van der Waals surface area contributed by atoms with E-state index in [1.165, 1.54) is 19.3 Å². The second-order valence-corrected chi connectivity index (χ2v) is 5.58. The number of nitrogens with two attached hydrogens (primary N) is 1. The highest BCUT2D eigenvalue weighted by Crippen LogP contribution is 2.30. The van der Waals surface area contributed by atoms with Crippen molar-refractivity contribution in [2.75, 3.05) is 6.54 Å². The Hall–Kier alpha value is -0.570. The van der Waals surface area contributed by atoms with E-state index < -0.39 is 0 Å². The van der Waals surface area contributed by atoms with Gasteiger partial charge in [0.25, 0.3) is 0 Å². The predicted octanol–water partition coefficient (Wildman–Crippen LogP) is 1.91. The average molecular weight is 226 g/mol. The average Bonchev–Trinajstić information content (AvgIpc) is 2.61. The fourth-order valence-corrected chi connectivity index (χ4v) is 2.29. The summed E-state index contributed by atoms with van der Waals surface area (Å²) in [5, 5.41) is 3.02. The van der Waals surface area contributed by atoms with Gasteiger partial charge in [-0.1, -0.05) is 33.6 Å². The Labute approximate surface area is 99.2 Å². The van der Waals surface area contributed by atoms with Crippen LogP contribution >= 0.6 is 0 Å². The molecule has 0 aliphatic heterocycles. The van der Waals surface area contributed by atoms with Crippen LogP contribution in [0.1, 0.15) is 46.5 Å². The number of carbonyl (C=O) groups is 1. The third-order valence-corrected chi connectivity index (χ3v) is 3.88. The first-order valence-corrected chi connectivity index (χ1v) is 6.53. The molecule has 0 bridgehead atoms. The van der Waals surface area contributed by atoms with Gasteiger partial charge in [0.15, 0.2) is 0 Å². The Balaban J connectivity index is 2.19. The van der Waals surface area contributed by atoms with Gasteiger partial charge in [0.2, 0.25) is 5.91 Å². The number of hydrogen-bond donors (Lipinski definition) is 2. The van der Waals surface area contributed by atoms with Crippen molar-refractivity contribution < 1.29 is 4.79 Å². The summed E-state index contributed by atoms with van der Waals surface area (Å²) in [6.45, 7) is 7.22. The van der Waals surface area contributed by atoms with Gasteiger partial charge in [-0.3, -0.25) is 4.79 Å². The normalized spacial score (nSPS) is 27.1. The van der Waals surface area contributed by atoms with Gasteiger partial charge >= 0.3 is 0 Å². The minimum absolute atomic E-state index is 0.0130. The molecule has 0 aromatic heterocycles. The van der Waals surface area contributed by atoms with Crippen LogP contribution in [0.25, 0.3) is 0 Å². The first-order valence-electron chi connectivity index (χ1n) is 6.53. The summed E-state index contributed by atoms with van der Waals surface area (Å²) in [5.41, 5.74) is 5.87. The molecule has 3 atom stereocenters. The zero-order chi connectivity index (χ0) is 12.1. The van der Waals surface area contributed by atoms with Crippen LogP contribution in [-0.2, 0) is 4.79 Å². The van der Waals surface area contributed by atoms with Crippen LogP contribution in [0, 0.1) is 17.8 Å². The number of nitrogens with one attached hydrogen (secondary N) is 1. The van der Waals surface area contributed by atoms with Crippen molar-refractivity contribution >= 4 is 5.91 Å². The number of rotatable bonds is 5. The summed E-state index contributed by atoms with van der Waals surface area (Å²) in [6, 6.07) is -0.0130. The molecule has 1 saturated carbocycles. The quantitative estimate of drug-likeness (QED) is 0.752. The number of hydrogen-bond acceptors (Lipinski definition) is 2. The van der Waals surface area contributed by atoms with E-state index >= 15 is 0 Å². The maximum Gasteiger partial charge on any atom is 0.221 e. The minimum atomic E-state index is -0.0130. The molecule has 3 unspecified atom stereocenters. The summed E-state index contributed by atoms with van der Waals surface area (Å²) in [4.78, 5) is 11.6. The maximum atomic E-state index is 11.6. The Morgan fingerprint density at radius 3 is 2.62 bits per heavy atom. The Kier molecular flexibility index (Phi) is 5.26. The van der Waals surface area contributed by atoms with Crippen LogP contribution in [0.2, 0.25) is 0 Å². The molecule has 0 aromatic rings. The first-order chi connectivity index (χ1) is 7.50. The van der Waals surface area contributed by atoms with Crippen molar-refractivity contribution in [1.29, 1.82) is 0 Å². The van der Waals surface area contributed by atoms with Crippen LogP contribution in [0.3, 0.4) is 0 Å². The zero-order valence-electron chi connectivity index (χ0n) is 10.8. The van der Waals surface area contributed by atoms with Gasteiger partial charge in [0.05, 0.1) is 0 Å². The van der Waals surface area contributed by atoms with Gasteiger partial charge in [-0.2, -0.15) is 0 Å². The molecule has 3 nitrogen and oxygen atoms in total. The molecular formula is C13H26N2O. The molecule has 1 aliphatic rings. The summed E-state index contributed by atoms with van der Waals surface area (Å²) in [5.74, 6) is 1.93. The molecule has 94 valence electrons. The van der Waals surface area contributed by atoms with Crippen LogP contribution < -0.4 is 11.1 Å². The topological polar surface area (TPSA) is 55.1 Å². The molecule has 0 spiro atoms. The van der Waals surface area contributed by atoms with Crippen molar-refractivity contribution in [1.82, 2.24) is 5.32 Å². The van der Waals surface area contributed by atoms with Crippen molar-refractivity contribution in [2.24, 2.45) is 23.5 Å². The number of amides is 1. The van der Waals surface area contributed by atoms with Crippen molar-refractivity contribution in [3.05, 3.63) is 0 Å². The molecule has 1 fully saturated rings. The SMILES string of the molecule is CC(C)C(N)CC(=O)NCC1CCCC1C. The lowest BCUT2D eigenvalue weighted by Gasteiger charge is -2.18. The van der Waals surface area contributed by atoms with E-state index in [4.69, 9.17) is 5.73 Å². The summed E-state index contributed by atoms with van der Waals surface area (Å²) in [6.07, 6.45) is 4.34. The Morgan fingerprint density at radius 2 is 2.12 bits per heavy atom. The van der Waals surface area contributed by atoms with Crippen LogP contribution in [0.5, 0.6) is 0 Å². The molecule has 3 N–H and O–H groups in total. The van der Waals surface area contributed by atoms with E-state index in [9.17, 15) is 4.79 Å². The zero-order valence-corrected chi connectivity index (χ0v) is 10.8. The van der Waals surface area contributed by atoms with Crippen molar-refractivity contribution in [3.8, 4) is 0 Å². The third kappa shape index (κ3) is 4.12. The fourth-order valence-electron chi connectivity index (χ4n) is 2.29. The van der Waals surface area contributed by atoms with Crippen molar-refractivity contribution in [2.45, 2.75) is 52.5 Å². The fraction of sp³-hybridized carbons (Fsp3) is 0.923. The molecule has 3 heteroatoms. The summed E-state index contributed by atoms with van der Waals surface area (Å²) in [7, 11) is 0. The van der Waals surface area contributed by atoms with Crippen LogP contribution in [0.4, 0.5) is 0 Å². The van der Waals surface area contributed by atoms with E-state index in [0.717, 1.165) is 12.5 Å². The molecule has 16 heavy (non-hydrogen) atoms. The second kappa shape index (κ2) is 6.24. The van der Waals surface area contributed by atoms with Gasteiger partial charge in [-0.15, -0.1) is 0 Å². The lowest BCUT2D eigenvalue weighted by Crippen LogP contribution is -2.37. The number of carbonyl (C=O) groups excluding carboxylic acids is 1. The molecule has 1 aliphatic carbocycles. The first kappa shape index (κ1) is 13.5. The highest BCUT2D eigenvalue weighted by Gasteiger charge is 2.23. The molecule has 0 saturated heterocycles. The largest absolute Gasteiger partial charge is 0.356 e. The Bertz CT molecular complexity index is 228. The monoisotopic (exact) mass is 226 g/mol. The van der Waals surface area contributed by atoms with Gasteiger partial charge in [-0.05, 0) is 24.2 Å². The van der Waals surface area contributed by atoms with Crippen molar-refractivity contribution in [3.63, 3.8) is 0 Å². The summed E-state index contributed by atoms with van der Waals surface area (Å²) >= 11 is 0. The van der Waals surface area contributed by atoms with E-state index in [-0.39, 0.29) is 11.9 Å². The maximum absolute atomic E-state index is 11.6. The molecule has 0 heterocycles. The predicted molar refractivity (Wildman–Crippen MR) is 66.9 cm³/mol. The van der Waals surface area contributed by atoms with E-state index in [1.54, 1.807) is 0 Å². The lowest BCUT2D eigenvalue weighted by atomic mass is 9.97. The summed E-state index contributed by atoms with van der Waals surface area (Å²) < 4.78 is 0. The second-order valence-electron chi connectivity index (χ2n) is 5.58. The highest BCUT2D eigenvalue weighted by atomic mass is 16.1. The van der Waals surface area contributed by atoms with Crippen LogP contribution in [-0.4, -0.2) is 18.5 Å². The van der Waals surface area contributed by atoms with E-state index in [1.807, 2.05) is 0 Å². The van der Waals surface area contributed by atoms with Gasteiger partial charge in [0, 0.05) is 19.0 Å². The van der Waals surface area contributed by atoms with Gasteiger partial charge < -0.3 is 11.1 Å². The van der Waals surface area contributed by atoms with Crippen LogP contribution in [0.15, 0.2) is 0 Å². The molecule has 0 aromatic carbocycles. The molecule has 1 amide bonds. The third-order valence-electron chi connectivity index (χ3n) is 3.88. The highest BCUT2D eigenvalue weighted by molar-refractivity contribution is 5.76. The smallest absolute Gasteiger partial charge is 0.221 e. The van der Waals surface area contributed by atoms with Gasteiger partial charge in [-0.25, -0.2) is 0 Å². The Morgan fingerprint density at radius 1 is 1.44 bits per heavy atom. The molecule has 0 radical (unpaired) electrons. The van der Waals surface area contributed by atoms with E-state index in [0.29, 0.717) is 18.3 Å². The minimum Gasteiger partial charge on any atom is -0.356 e. The molecular weight excluding hydrogens is 200 g/mol. The van der Waals surface area contributed by atoms with E-state index in [2.05, 4.69) is 26.1 Å². The lowest BCUT2D eigenvalue weighted by molar-refractivity contribution is -0.121. The molecule has 1 rings (SSSR count).